The van der Waals surface area contributed by atoms with E-state index in [9.17, 15) is 4.39 Å². The van der Waals surface area contributed by atoms with Gasteiger partial charge in [0.2, 0.25) is 0 Å². The number of hydrogen-bond acceptors (Lipinski definition) is 4. The molecule has 1 atom stereocenters. The molecule has 0 amide bonds. The molecule has 0 saturated carbocycles. The summed E-state index contributed by atoms with van der Waals surface area (Å²) in [5, 5.41) is 8.33. The number of nitrogen functional groups attached to an aromatic ring is 1. The second kappa shape index (κ2) is 3.44. The number of rotatable bonds is 0. The molecule has 1 aromatic heterocycles. The van der Waals surface area contributed by atoms with Crippen molar-refractivity contribution < 1.29 is 8.50 Å². The molecule has 0 fully saturated rings. The van der Waals surface area contributed by atoms with Crippen molar-refractivity contribution in [3.63, 3.8) is 0 Å². The summed E-state index contributed by atoms with van der Waals surface area (Å²) in [6, 6.07) is 1.50. The SMILES string of the molecule is [2H]C([2H])([2H])C1c2nn(C)nc2-c2cc(F)cc(N)c2N1C. The lowest BCUT2D eigenvalue weighted by atomic mass is 9.97. The zero-order chi connectivity index (χ0) is 15.5. The minimum absolute atomic E-state index is 0.179. The minimum Gasteiger partial charge on any atom is -0.397 e. The van der Waals surface area contributed by atoms with Crippen molar-refractivity contribution in [2.45, 2.75) is 12.9 Å². The van der Waals surface area contributed by atoms with Crippen LogP contribution in [0.25, 0.3) is 11.3 Å². The van der Waals surface area contributed by atoms with Crippen molar-refractivity contribution in [1.82, 2.24) is 15.0 Å². The van der Waals surface area contributed by atoms with Gasteiger partial charge in [-0.1, -0.05) is 0 Å². The molecule has 5 nitrogen and oxygen atoms in total. The average molecular weight is 250 g/mol. The van der Waals surface area contributed by atoms with Crippen LogP contribution in [0.4, 0.5) is 15.8 Å². The first-order valence-corrected chi connectivity index (χ1v) is 5.43. The first-order chi connectivity index (χ1) is 9.70. The van der Waals surface area contributed by atoms with Gasteiger partial charge in [-0.2, -0.15) is 15.0 Å². The number of aromatic nitrogens is 3. The predicted molar refractivity (Wildman–Crippen MR) is 67.6 cm³/mol. The first-order valence-electron chi connectivity index (χ1n) is 6.93. The smallest absolute Gasteiger partial charge is 0.126 e. The maximum Gasteiger partial charge on any atom is 0.126 e. The Hall–Kier alpha value is -2.11. The average Bonchev–Trinajstić information content (AvgIpc) is 2.67. The van der Waals surface area contributed by atoms with Crippen LogP contribution < -0.4 is 10.6 Å². The molecule has 1 aliphatic heterocycles. The van der Waals surface area contributed by atoms with Crippen molar-refractivity contribution in [2.75, 3.05) is 17.7 Å². The van der Waals surface area contributed by atoms with Crippen LogP contribution in [0.15, 0.2) is 12.1 Å². The molecule has 18 heavy (non-hydrogen) atoms. The number of benzene rings is 1. The lowest BCUT2D eigenvalue weighted by Crippen LogP contribution is -2.27. The molecule has 6 heteroatoms. The van der Waals surface area contributed by atoms with E-state index < -0.39 is 18.7 Å². The van der Waals surface area contributed by atoms with Gasteiger partial charge in [-0.15, -0.1) is 0 Å². The number of hydrogen-bond donors (Lipinski definition) is 1. The maximum absolute atomic E-state index is 13.6. The van der Waals surface area contributed by atoms with E-state index in [1.165, 1.54) is 21.8 Å². The number of aryl methyl sites for hydroxylation is 1. The Kier molecular flexibility index (Phi) is 1.54. The zero-order valence-corrected chi connectivity index (χ0v) is 9.98. The maximum atomic E-state index is 13.6. The monoisotopic (exact) mass is 250 g/mol. The molecular formula is C12H14FN5. The van der Waals surface area contributed by atoms with E-state index in [0.717, 1.165) is 0 Å². The van der Waals surface area contributed by atoms with Crippen molar-refractivity contribution in [2.24, 2.45) is 7.05 Å². The van der Waals surface area contributed by atoms with Crippen LogP contribution in [-0.2, 0) is 7.05 Å². The van der Waals surface area contributed by atoms with Gasteiger partial charge in [0.05, 0.1) is 17.4 Å². The van der Waals surface area contributed by atoms with Crippen molar-refractivity contribution in [3.8, 4) is 11.3 Å². The molecule has 1 unspecified atom stereocenters. The van der Waals surface area contributed by atoms with E-state index in [1.807, 2.05) is 0 Å². The minimum atomic E-state index is -2.31. The summed E-state index contributed by atoms with van der Waals surface area (Å²) in [7, 11) is 3.21. The van der Waals surface area contributed by atoms with Gasteiger partial charge in [0, 0.05) is 23.8 Å². The number of halogens is 1. The summed E-state index contributed by atoms with van der Waals surface area (Å²) in [6.07, 6.45) is 0. The van der Waals surface area contributed by atoms with Gasteiger partial charge >= 0.3 is 0 Å². The van der Waals surface area contributed by atoms with E-state index in [1.54, 1.807) is 14.1 Å². The molecule has 2 heterocycles. The van der Waals surface area contributed by atoms with Crippen molar-refractivity contribution in [3.05, 3.63) is 23.6 Å². The van der Waals surface area contributed by atoms with Gasteiger partial charge in [0.25, 0.3) is 0 Å². The standard InChI is InChI=1S/C12H14FN5/c1-6-10-11(16-18(3)15-10)8-4-7(13)5-9(14)12(8)17(6)2/h4-6H,14H2,1-3H3/i1D3. The summed E-state index contributed by atoms with van der Waals surface area (Å²) < 4.78 is 36.9. The highest BCUT2D eigenvalue weighted by Crippen LogP contribution is 2.45. The molecule has 94 valence electrons. The van der Waals surface area contributed by atoms with Crippen LogP contribution in [0.5, 0.6) is 0 Å². The van der Waals surface area contributed by atoms with Crippen molar-refractivity contribution in [1.29, 1.82) is 0 Å². The molecule has 1 aromatic carbocycles. The Morgan fingerprint density at radius 2 is 2.17 bits per heavy atom. The highest BCUT2D eigenvalue weighted by Gasteiger charge is 2.31. The van der Waals surface area contributed by atoms with Gasteiger partial charge in [-0.3, -0.25) is 0 Å². The van der Waals surface area contributed by atoms with E-state index in [2.05, 4.69) is 10.2 Å². The summed E-state index contributed by atoms with van der Waals surface area (Å²) in [5.41, 5.74) is 7.64. The van der Waals surface area contributed by atoms with Crippen LogP contribution in [0.3, 0.4) is 0 Å². The predicted octanol–water partition coefficient (Wildman–Crippen LogP) is 1.71. The fourth-order valence-electron chi connectivity index (χ4n) is 2.30. The molecule has 3 rings (SSSR count). The zero-order valence-electron chi connectivity index (χ0n) is 13.0. The Morgan fingerprint density at radius 3 is 2.89 bits per heavy atom. The Balaban J connectivity index is 2.35. The largest absolute Gasteiger partial charge is 0.397 e. The number of fused-ring (bicyclic) bond motifs is 3. The highest BCUT2D eigenvalue weighted by molar-refractivity contribution is 5.89. The van der Waals surface area contributed by atoms with E-state index in [0.29, 0.717) is 22.6 Å². The number of nitrogens with zero attached hydrogens (tertiary/aromatic N) is 4. The second-order valence-electron chi connectivity index (χ2n) is 4.33. The third-order valence-electron chi connectivity index (χ3n) is 3.10. The van der Waals surface area contributed by atoms with E-state index in [-0.39, 0.29) is 5.69 Å². The summed E-state index contributed by atoms with van der Waals surface area (Å²) in [4.78, 5) is 2.81. The number of anilines is 2. The highest BCUT2D eigenvalue weighted by atomic mass is 19.1. The van der Waals surface area contributed by atoms with Gasteiger partial charge in [0.15, 0.2) is 0 Å². The summed E-state index contributed by atoms with van der Waals surface area (Å²) >= 11 is 0. The van der Waals surface area contributed by atoms with Gasteiger partial charge in [-0.25, -0.2) is 4.39 Å². The molecule has 0 bridgehead atoms. The fourth-order valence-corrected chi connectivity index (χ4v) is 2.30. The molecule has 0 radical (unpaired) electrons. The van der Waals surface area contributed by atoms with Crippen LogP contribution in [-0.4, -0.2) is 22.0 Å². The van der Waals surface area contributed by atoms with Crippen LogP contribution >= 0.6 is 0 Å². The fraction of sp³-hybridized carbons (Fsp3) is 0.333. The lowest BCUT2D eigenvalue weighted by molar-refractivity contribution is 0.623. The third-order valence-corrected chi connectivity index (χ3v) is 3.10. The molecule has 0 spiro atoms. The second-order valence-corrected chi connectivity index (χ2v) is 4.33. The molecule has 0 aliphatic carbocycles. The van der Waals surface area contributed by atoms with Gasteiger partial charge < -0.3 is 10.6 Å². The van der Waals surface area contributed by atoms with Crippen molar-refractivity contribution >= 4 is 11.4 Å². The Labute approximate surface area is 108 Å². The topological polar surface area (TPSA) is 60.0 Å². The lowest BCUT2D eigenvalue weighted by Gasteiger charge is -2.33. The molecule has 2 N–H and O–H groups in total. The number of nitrogens with two attached hydrogens (primary N) is 1. The van der Waals surface area contributed by atoms with Crippen LogP contribution in [0.2, 0.25) is 0 Å². The van der Waals surface area contributed by atoms with Gasteiger partial charge in [-0.05, 0) is 19.0 Å². The quantitative estimate of drug-likeness (QED) is 0.723. The summed E-state index contributed by atoms with van der Waals surface area (Å²) in [6.45, 7) is -2.31. The van der Waals surface area contributed by atoms with E-state index in [4.69, 9.17) is 9.85 Å². The van der Waals surface area contributed by atoms with Crippen LogP contribution in [0, 0.1) is 5.82 Å². The summed E-state index contributed by atoms with van der Waals surface area (Å²) in [5.74, 6) is -0.497. The molecular weight excluding hydrogens is 233 g/mol. The first kappa shape index (κ1) is 8.07. The molecule has 0 saturated heterocycles. The van der Waals surface area contributed by atoms with Crippen LogP contribution in [0.1, 0.15) is 22.7 Å². The van der Waals surface area contributed by atoms with E-state index >= 15 is 0 Å². The third kappa shape index (κ3) is 1.32. The molecule has 2 aromatic rings. The molecule has 1 aliphatic rings. The normalized spacial score (nSPS) is 20.7. The Morgan fingerprint density at radius 1 is 1.39 bits per heavy atom. The Bertz CT molecular complexity index is 724. The van der Waals surface area contributed by atoms with Gasteiger partial charge in [0.1, 0.15) is 17.2 Å².